The minimum absolute atomic E-state index is 0.763. The molecule has 4 nitrogen and oxygen atoms in total. The molecule has 2 rings (SSSR count). The molecule has 2 aromatic heterocycles. The van der Waals surface area contributed by atoms with E-state index in [-0.39, 0.29) is 0 Å². The number of aryl methyl sites for hydroxylation is 1. The number of hydrogen-bond donors (Lipinski definition) is 1. The second-order valence-electron chi connectivity index (χ2n) is 4.44. The van der Waals surface area contributed by atoms with Crippen LogP contribution in [0, 0.1) is 11.7 Å². The Labute approximate surface area is 113 Å². The fraction of sp³-hybridized carbons (Fsp3) is 0.538. The lowest BCUT2D eigenvalue weighted by Gasteiger charge is -2.18. The topological polar surface area (TPSA) is 36.9 Å². The van der Waals surface area contributed by atoms with Crippen LogP contribution in [-0.4, -0.2) is 39.1 Å². The van der Waals surface area contributed by atoms with E-state index in [1.54, 1.807) is 0 Å². The van der Waals surface area contributed by atoms with Crippen LogP contribution in [0.4, 0.5) is 0 Å². The van der Waals surface area contributed by atoms with Crippen LogP contribution in [0.1, 0.15) is 19.4 Å². The van der Waals surface area contributed by atoms with Gasteiger partial charge in [-0.1, -0.05) is 13.8 Å². The molecule has 0 unspecified atom stereocenters. The number of rotatable bonds is 5. The van der Waals surface area contributed by atoms with Gasteiger partial charge in [0.05, 0.1) is 5.52 Å². The number of imidazole rings is 1. The molecule has 0 fully saturated rings. The van der Waals surface area contributed by atoms with Crippen molar-refractivity contribution in [2.75, 3.05) is 19.6 Å². The van der Waals surface area contributed by atoms with Gasteiger partial charge >= 0.3 is 0 Å². The van der Waals surface area contributed by atoms with E-state index in [0.717, 1.165) is 42.1 Å². The van der Waals surface area contributed by atoms with Gasteiger partial charge in [-0.3, -0.25) is 0 Å². The third-order valence-electron chi connectivity index (χ3n) is 3.41. The zero-order valence-electron chi connectivity index (χ0n) is 11.2. The molecule has 0 radical (unpaired) electrons. The Kier molecular flexibility index (Phi) is 4.14. The molecule has 0 spiro atoms. The number of pyridine rings is 1. The number of fused-ring (bicyclic) bond motifs is 1. The van der Waals surface area contributed by atoms with E-state index in [1.165, 1.54) is 5.56 Å². The molecule has 0 aliphatic carbocycles. The Morgan fingerprint density at radius 1 is 1.39 bits per heavy atom. The second kappa shape index (κ2) is 5.63. The molecule has 18 heavy (non-hydrogen) atoms. The Bertz CT molecular complexity index is 580. The summed E-state index contributed by atoms with van der Waals surface area (Å²) in [5, 5.41) is 0. The summed E-state index contributed by atoms with van der Waals surface area (Å²) in [4.78, 5) is 10.1. The van der Waals surface area contributed by atoms with Crippen molar-refractivity contribution in [3.05, 3.63) is 22.6 Å². The first-order valence-corrected chi connectivity index (χ1v) is 6.84. The van der Waals surface area contributed by atoms with E-state index in [0.29, 0.717) is 0 Å². The van der Waals surface area contributed by atoms with Crippen molar-refractivity contribution in [2.24, 2.45) is 0 Å². The summed E-state index contributed by atoms with van der Waals surface area (Å²) in [7, 11) is 0. The highest BCUT2D eigenvalue weighted by molar-refractivity contribution is 7.71. The van der Waals surface area contributed by atoms with Crippen LogP contribution in [0.2, 0.25) is 0 Å². The SMILES string of the molecule is CCN(CC)CCn1c(=S)[nH]c2c(C)ccnc21. The Balaban J connectivity index is 2.31. The maximum absolute atomic E-state index is 5.39. The number of likely N-dealkylation sites (N-methyl/N-ethyl adjacent to an activating group) is 1. The summed E-state index contributed by atoms with van der Waals surface area (Å²) < 4.78 is 2.86. The molecule has 0 saturated carbocycles. The van der Waals surface area contributed by atoms with Crippen molar-refractivity contribution >= 4 is 23.4 Å². The number of hydrogen-bond acceptors (Lipinski definition) is 3. The number of aromatic amines is 1. The third kappa shape index (κ3) is 2.47. The Morgan fingerprint density at radius 3 is 2.78 bits per heavy atom. The van der Waals surface area contributed by atoms with Crippen LogP contribution >= 0.6 is 12.2 Å². The predicted octanol–water partition coefficient (Wildman–Crippen LogP) is 2.74. The molecule has 2 aromatic rings. The van der Waals surface area contributed by atoms with Gasteiger partial charge in [-0.25, -0.2) is 4.98 Å². The lowest BCUT2D eigenvalue weighted by Crippen LogP contribution is -2.27. The van der Waals surface area contributed by atoms with Crippen molar-refractivity contribution in [1.29, 1.82) is 0 Å². The standard InChI is InChI=1S/C13H20N4S/c1-4-16(5-2)8-9-17-12-11(15-13(17)18)10(3)6-7-14-12/h6-7H,4-5,8-9H2,1-3H3,(H,15,18). The Hall–Kier alpha value is -1.20. The molecule has 2 heterocycles. The number of nitrogens with zero attached hydrogens (tertiary/aromatic N) is 3. The van der Waals surface area contributed by atoms with Gasteiger partial charge in [-0.05, 0) is 43.9 Å². The van der Waals surface area contributed by atoms with Gasteiger partial charge in [-0.2, -0.15) is 0 Å². The molecule has 0 aromatic carbocycles. The first-order valence-electron chi connectivity index (χ1n) is 6.43. The molecule has 1 N–H and O–H groups in total. The van der Waals surface area contributed by atoms with Gasteiger partial charge in [0.25, 0.3) is 0 Å². The van der Waals surface area contributed by atoms with Crippen molar-refractivity contribution < 1.29 is 0 Å². The van der Waals surface area contributed by atoms with Crippen LogP contribution in [0.25, 0.3) is 11.2 Å². The van der Waals surface area contributed by atoms with Crippen LogP contribution in [-0.2, 0) is 6.54 Å². The first kappa shape index (κ1) is 13.2. The van der Waals surface area contributed by atoms with E-state index in [2.05, 4.69) is 40.2 Å². The molecule has 0 aliphatic heterocycles. The average molecular weight is 264 g/mol. The minimum Gasteiger partial charge on any atom is -0.329 e. The fourth-order valence-electron chi connectivity index (χ4n) is 2.16. The highest BCUT2D eigenvalue weighted by Crippen LogP contribution is 2.15. The maximum Gasteiger partial charge on any atom is 0.179 e. The molecule has 0 saturated heterocycles. The average Bonchev–Trinajstić information content (AvgIpc) is 2.69. The zero-order chi connectivity index (χ0) is 13.1. The molecule has 0 bridgehead atoms. The summed E-state index contributed by atoms with van der Waals surface area (Å²) in [6.45, 7) is 10.5. The van der Waals surface area contributed by atoms with Crippen LogP contribution in [0.15, 0.2) is 12.3 Å². The summed E-state index contributed by atoms with van der Waals surface area (Å²) in [6, 6.07) is 2.00. The molecule has 98 valence electrons. The van der Waals surface area contributed by atoms with E-state index in [9.17, 15) is 0 Å². The van der Waals surface area contributed by atoms with Gasteiger partial charge in [0, 0.05) is 19.3 Å². The number of H-pyrrole nitrogens is 1. The summed E-state index contributed by atoms with van der Waals surface area (Å²) in [5.74, 6) is 0. The van der Waals surface area contributed by atoms with E-state index >= 15 is 0 Å². The predicted molar refractivity (Wildman–Crippen MR) is 77.4 cm³/mol. The van der Waals surface area contributed by atoms with Gasteiger partial charge in [-0.15, -0.1) is 0 Å². The van der Waals surface area contributed by atoms with Gasteiger partial charge in [0.15, 0.2) is 10.4 Å². The van der Waals surface area contributed by atoms with E-state index < -0.39 is 0 Å². The van der Waals surface area contributed by atoms with Crippen LogP contribution < -0.4 is 0 Å². The van der Waals surface area contributed by atoms with Crippen molar-refractivity contribution in [3.8, 4) is 0 Å². The third-order valence-corrected chi connectivity index (χ3v) is 3.73. The van der Waals surface area contributed by atoms with E-state index in [4.69, 9.17) is 12.2 Å². The monoisotopic (exact) mass is 264 g/mol. The van der Waals surface area contributed by atoms with Crippen LogP contribution in [0.3, 0.4) is 0 Å². The summed E-state index contributed by atoms with van der Waals surface area (Å²) in [5.41, 5.74) is 3.21. The second-order valence-corrected chi connectivity index (χ2v) is 4.82. The maximum atomic E-state index is 5.39. The van der Waals surface area contributed by atoms with Gasteiger partial charge in [0.1, 0.15) is 0 Å². The molecular weight excluding hydrogens is 244 g/mol. The van der Waals surface area contributed by atoms with Crippen molar-refractivity contribution in [3.63, 3.8) is 0 Å². The number of aromatic nitrogens is 3. The Morgan fingerprint density at radius 2 is 2.11 bits per heavy atom. The molecular formula is C13H20N4S. The van der Waals surface area contributed by atoms with Crippen LogP contribution in [0.5, 0.6) is 0 Å². The normalized spacial score (nSPS) is 11.6. The number of nitrogens with one attached hydrogen (secondary N) is 1. The highest BCUT2D eigenvalue weighted by atomic mass is 32.1. The van der Waals surface area contributed by atoms with E-state index in [1.807, 2.05) is 12.3 Å². The van der Waals surface area contributed by atoms with Crippen molar-refractivity contribution in [2.45, 2.75) is 27.3 Å². The molecule has 0 atom stereocenters. The lowest BCUT2D eigenvalue weighted by molar-refractivity contribution is 0.291. The van der Waals surface area contributed by atoms with Crippen molar-refractivity contribution in [1.82, 2.24) is 19.4 Å². The van der Waals surface area contributed by atoms with Gasteiger partial charge in [0.2, 0.25) is 0 Å². The first-order chi connectivity index (χ1) is 8.67. The largest absolute Gasteiger partial charge is 0.329 e. The minimum atomic E-state index is 0.763. The summed E-state index contributed by atoms with van der Waals surface area (Å²) >= 11 is 5.39. The smallest absolute Gasteiger partial charge is 0.179 e. The fourth-order valence-corrected chi connectivity index (χ4v) is 2.44. The molecule has 0 aliphatic rings. The quantitative estimate of drug-likeness (QED) is 0.844. The zero-order valence-corrected chi connectivity index (χ0v) is 12.0. The molecule has 5 heteroatoms. The van der Waals surface area contributed by atoms with Gasteiger partial charge < -0.3 is 14.5 Å². The highest BCUT2D eigenvalue weighted by Gasteiger charge is 2.08. The lowest BCUT2D eigenvalue weighted by atomic mass is 10.3. The summed E-state index contributed by atoms with van der Waals surface area (Å²) in [6.07, 6.45) is 1.84. The molecule has 0 amide bonds.